The van der Waals surface area contributed by atoms with Crippen LogP contribution in [-0.4, -0.2) is 10.2 Å². The van der Waals surface area contributed by atoms with Crippen LogP contribution in [0.5, 0.6) is 5.88 Å². The van der Waals surface area contributed by atoms with Crippen molar-refractivity contribution in [2.75, 3.05) is 0 Å². The lowest BCUT2D eigenvalue weighted by Gasteiger charge is -2.34. The van der Waals surface area contributed by atoms with Gasteiger partial charge in [0.1, 0.15) is 11.6 Å². The van der Waals surface area contributed by atoms with E-state index >= 15 is 0 Å². The summed E-state index contributed by atoms with van der Waals surface area (Å²) in [5.74, 6) is 0.382. The smallest absolute Gasteiger partial charge is 0.244 e. The number of nitrogens with two attached hydrogens (primary N) is 1. The lowest BCUT2D eigenvalue weighted by Crippen LogP contribution is -2.34. The molecule has 2 heterocycles. The number of nitrogens with zero attached hydrogens (tertiary/aromatic N) is 2. The van der Waals surface area contributed by atoms with Crippen molar-refractivity contribution in [3.05, 3.63) is 56.5 Å². The molecule has 3 N–H and O–H groups in total. The van der Waals surface area contributed by atoms with Gasteiger partial charge in [-0.25, -0.2) is 0 Å². The van der Waals surface area contributed by atoms with E-state index in [2.05, 4.69) is 16.3 Å². The molecule has 0 aliphatic carbocycles. The number of ether oxygens (including phenoxy) is 1. The molecule has 1 unspecified atom stereocenters. The van der Waals surface area contributed by atoms with Crippen LogP contribution in [0, 0.1) is 18.3 Å². The van der Waals surface area contributed by atoms with Crippen molar-refractivity contribution in [1.82, 2.24) is 10.2 Å². The number of H-pyrrole nitrogens is 1. The monoisotopic (exact) mass is 334 g/mol. The number of hydrogen-bond acceptors (Lipinski definition) is 4. The first-order chi connectivity index (χ1) is 10.4. The minimum absolute atomic E-state index is 0.0279. The number of fused-ring (bicyclic) bond motifs is 1. The number of rotatable bonds is 1. The molecular weight excluding hydrogens is 323 g/mol. The van der Waals surface area contributed by atoms with E-state index in [4.69, 9.17) is 33.7 Å². The molecule has 1 aliphatic rings. The summed E-state index contributed by atoms with van der Waals surface area (Å²) in [5, 5.41) is 17.5. The van der Waals surface area contributed by atoms with Gasteiger partial charge in [0.25, 0.3) is 0 Å². The molecule has 0 saturated carbocycles. The van der Waals surface area contributed by atoms with E-state index in [9.17, 15) is 5.26 Å². The van der Waals surface area contributed by atoms with Crippen LogP contribution in [0.1, 0.15) is 23.7 Å². The predicted molar refractivity (Wildman–Crippen MR) is 83.7 cm³/mol. The van der Waals surface area contributed by atoms with Crippen molar-refractivity contribution >= 4 is 23.2 Å². The SMILES string of the molecule is Cc1[nH]nc2c1C(C)(c1cc(Cl)cc(Cl)c1)C(C#N)=C(N)O2. The zero-order valence-electron chi connectivity index (χ0n) is 11.9. The topological polar surface area (TPSA) is 87.7 Å². The van der Waals surface area contributed by atoms with Gasteiger partial charge < -0.3 is 10.5 Å². The summed E-state index contributed by atoms with van der Waals surface area (Å²) in [6.45, 7) is 3.74. The molecule has 1 atom stereocenters. The summed E-state index contributed by atoms with van der Waals surface area (Å²) in [4.78, 5) is 0. The van der Waals surface area contributed by atoms with Crippen LogP contribution in [0.3, 0.4) is 0 Å². The molecule has 2 aromatic rings. The van der Waals surface area contributed by atoms with Crippen LogP contribution in [0.2, 0.25) is 10.0 Å². The Morgan fingerprint density at radius 2 is 1.95 bits per heavy atom. The molecule has 0 bridgehead atoms. The molecule has 0 spiro atoms. The number of allylic oxidation sites excluding steroid dienone is 1. The van der Waals surface area contributed by atoms with Crippen molar-refractivity contribution < 1.29 is 4.74 Å². The highest BCUT2D eigenvalue weighted by molar-refractivity contribution is 6.34. The van der Waals surface area contributed by atoms with Gasteiger partial charge >= 0.3 is 0 Å². The largest absolute Gasteiger partial charge is 0.420 e. The molecule has 112 valence electrons. The summed E-state index contributed by atoms with van der Waals surface area (Å²) < 4.78 is 5.46. The van der Waals surface area contributed by atoms with Gasteiger partial charge in [-0.2, -0.15) is 5.26 Å². The second-order valence-electron chi connectivity index (χ2n) is 5.26. The third-order valence-electron chi connectivity index (χ3n) is 3.92. The fourth-order valence-electron chi connectivity index (χ4n) is 2.89. The van der Waals surface area contributed by atoms with Crippen molar-refractivity contribution in [2.45, 2.75) is 19.3 Å². The highest BCUT2D eigenvalue weighted by atomic mass is 35.5. The van der Waals surface area contributed by atoms with Gasteiger partial charge in [-0.15, -0.1) is 5.10 Å². The van der Waals surface area contributed by atoms with Crippen molar-refractivity contribution in [3.63, 3.8) is 0 Å². The highest BCUT2D eigenvalue weighted by Gasteiger charge is 2.45. The van der Waals surface area contributed by atoms with Gasteiger partial charge in [0.15, 0.2) is 0 Å². The van der Waals surface area contributed by atoms with Gasteiger partial charge in [0, 0.05) is 15.7 Å². The molecule has 22 heavy (non-hydrogen) atoms. The van der Waals surface area contributed by atoms with Crippen LogP contribution in [0.15, 0.2) is 29.7 Å². The van der Waals surface area contributed by atoms with Gasteiger partial charge in [-0.1, -0.05) is 23.2 Å². The summed E-state index contributed by atoms with van der Waals surface area (Å²) in [7, 11) is 0. The molecule has 7 heteroatoms. The Hall–Kier alpha value is -2.16. The van der Waals surface area contributed by atoms with Gasteiger partial charge in [-0.3, -0.25) is 5.10 Å². The molecule has 3 rings (SSSR count). The number of benzene rings is 1. The second-order valence-corrected chi connectivity index (χ2v) is 6.14. The summed E-state index contributed by atoms with van der Waals surface area (Å²) in [5.41, 5.74) is 7.64. The molecule has 0 radical (unpaired) electrons. The van der Waals surface area contributed by atoms with E-state index in [-0.39, 0.29) is 5.88 Å². The van der Waals surface area contributed by atoms with Gasteiger partial charge in [0.05, 0.1) is 11.0 Å². The highest BCUT2D eigenvalue weighted by Crippen LogP contribution is 2.48. The maximum atomic E-state index is 9.59. The molecule has 1 aliphatic heterocycles. The molecule has 1 aromatic carbocycles. The summed E-state index contributed by atoms with van der Waals surface area (Å²) in [6.07, 6.45) is 0. The van der Waals surface area contributed by atoms with E-state index < -0.39 is 5.41 Å². The van der Waals surface area contributed by atoms with E-state index in [0.29, 0.717) is 21.5 Å². The Morgan fingerprint density at radius 1 is 1.32 bits per heavy atom. The third kappa shape index (κ3) is 1.96. The minimum atomic E-state index is -0.849. The maximum absolute atomic E-state index is 9.59. The minimum Gasteiger partial charge on any atom is -0.420 e. The average molecular weight is 335 g/mol. The molecule has 5 nitrogen and oxygen atoms in total. The maximum Gasteiger partial charge on any atom is 0.244 e. The predicted octanol–water partition coefficient (Wildman–Crippen LogP) is 3.42. The number of halogens is 2. The van der Waals surface area contributed by atoms with E-state index in [0.717, 1.165) is 16.8 Å². The number of nitrogens with one attached hydrogen (secondary N) is 1. The van der Waals surface area contributed by atoms with Crippen LogP contribution >= 0.6 is 23.2 Å². The molecule has 1 aromatic heterocycles. The fourth-order valence-corrected chi connectivity index (χ4v) is 3.42. The number of aryl methyl sites for hydroxylation is 1. The van der Waals surface area contributed by atoms with E-state index in [1.807, 2.05) is 13.8 Å². The zero-order chi connectivity index (χ0) is 16.1. The quantitative estimate of drug-likeness (QED) is 0.836. The Kier molecular flexibility index (Phi) is 3.32. The summed E-state index contributed by atoms with van der Waals surface area (Å²) in [6, 6.07) is 7.30. The lowest BCUT2D eigenvalue weighted by atomic mass is 9.70. The molecule has 0 amide bonds. The standard InChI is InChI=1S/C15H12Cl2N4O/c1-7-12-14(21-20-7)22-13(19)11(6-18)15(12,2)8-3-9(16)5-10(17)4-8/h3-5H,19H2,1-2H3,(H,20,21). The first kappa shape index (κ1) is 14.8. The second kappa shape index (κ2) is 4.94. The van der Waals surface area contributed by atoms with E-state index in [1.165, 1.54) is 0 Å². The molecule has 0 saturated heterocycles. The Balaban J connectivity index is 2.38. The van der Waals surface area contributed by atoms with Crippen LogP contribution in [0.4, 0.5) is 0 Å². The van der Waals surface area contributed by atoms with Crippen LogP contribution in [-0.2, 0) is 5.41 Å². The van der Waals surface area contributed by atoms with Gasteiger partial charge in [0.2, 0.25) is 11.8 Å². The Bertz CT molecular complexity index is 829. The Morgan fingerprint density at radius 3 is 2.55 bits per heavy atom. The first-order valence-electron chi connectivity index (χ1n) is 6.48. The normalized spacial score (nSPS) is 20.3. The average Bonchev–Trinajstić information content (AvgIpc) is 2.79. The first-order valence-corrected chi connectivity index (χ1v) is 7.23. The number of nitriles is 1. The summed E-state index contributed by atoms with van der Waals surface area (Å²) >= 11 is 12.3. The number of aromatic nitrogens is 2. The zero-order valence-corrected chi connectivity index (χ0v) is 13.4. The van der Waals surface area contributed by atoms with Crippen molar-refractivity contribution in [2.24, 2.45) is 5.73 Å². The number of hydrogen-bond donors (Lipinski definition) is 2. The molecule has 0 fully saturated rings. The Labute approximate surface area is 137 Å². The molecular formula is C15H12Cl2N4O. The van der Waals surface area contributed by atoms with Gasteiger partial charge in [-0.05, 0) is 37.6 Å². The fraction of sp³-hybridized carbons (Fsp3) is 0.200. The van der Waals surface area contributed by atoms with Crippen molar-refractivity contribution in [3.8, 4) is 11.9 Å². The lowest BCUT2D eigenvalue weighted by molar-refractivity contribution is 0.362. The van der Waals surface area contributed by atoms with E-state index in [1.54, 1.807) is 18.2 Å². The number of aromatic amines is 1. The third-order valence-corrected chi connectivity index (χ3v) is 4.36. The van der Waals surface area contributed by atoms with Crippen LogP contribution in [0.25, 0.3) is 0 Å². The van der Waals surface area contributed by atoms with Crippen LogP contribution < -0.4 is 10.5 Å². The van der Waals surface area contributed by atoms with Crippen molar-refractivity contribution in [1.29, 1.82) is 5.26 Å².